The maximum atomic E-state index is 11.5. The zero-order valence-corrected chi connectivity index (χ0v) is 12.8. The van der Waals surface area contributed by atoms with Crippen molar-refractivity contribution in [1.29, 1.82) is 0 Å². The number of carbonyl (C=O) groups excluding carboxylic acids is 1. The van der Waals surface area contributed by atoms with E-state index in [2.05, 4.69) is 20.5 Å². The third kappa shape index (κ3) is 4.25. The quantitative estimate of drug-likeness (QED) is 0.833. The molecule has 2 aromatic rings. The highest BCUT2D eigenvalue weighted by molar-refractivity contribution is 7.99. The minimum absolute atomic E-state index is 0.0251. The third-order valence-corrected chi connectivity index (χ3v) is 3.46. The van der Waals surface area contributed by atoms with Crippen LogP contribution in [0.5, 0.6) is 0 Å². The Morgan fingerprint density at radius 2 is 2.10 bits per heavy atom. The molecule has 0 atom stereocenters. The zero-order chi connectivity index (χ0) is 14.5. The summed E-state index contributed by atoms with van der Waals surface area (Å²) >= 11 is 7.13. The molecule has 20 heavy (non-hydrogen) atoms. The smallest absolute Gasteiger partial charge is 0.230 e. The highest BCUT2D eigenvalue weighted by Gasteiger charge is 2.09. The molecule has 0 saturated carbocycles. The van der Waals surface area contributed by atoms with Crippen molar-refractivity contribution in [1.82, 2.24) is 20.5 Å². The highest BCUT2D eigenvalue weighted by atomic mass is 35.5. The second kappa shape index (κ2) is 6.76. The Morgan fingerprint density at radius 3 is 2.75 bits per heavy atom. The van der Waals surface area contributed by atoms with Crippen LogP contribution in [-0.4, -0.2) is 32.9 Å². The van der Waals surface area contributed by atoms with Crippen molar-refractivity contribution in [3.8, 4) is 11.4 Å². The Kier molecular flexibility index (Phi) is 5.03. The number of thioether (sulfide) groups is 1. The first-order valence-electron chi connectivity index (χ1n) is 6.15. The number of carbonyl (C=O) groups is 1. The molecule has 1 aromatic heterocycles. The van der Waals surface area contributed by atoms with Crippen molar-refractivity contribution in [3.63, 3.8) is 0 Å². The van der Waals surface area contributed by atoms with Gasteiger partial charge in [0.2, 0.25) is 11.1 Å². The number of halogens is 1. The fourth-order valence-electron chi connectivity index (χ4n) is 1.54. The number of benzene rings is 1. The van der Waals surface area contributed by atoms with Gasteiger partial charge in [-0.2, -0.15) is 0 Å². The Labute approximate surface area is 126 Å². The molecule has 1 amide bonds. The predicted octanol–water partition coefficient (Wildman–Crippen LogP) is 2.74. The predicted molar refractivity (Wildman–Crippen MR) is 80.8 cm³/mol. The van der Waals surface area contributed by atoms with Crippen molar-refractivity contribution in [3.05, 3.63) is 29.3 Å². The maximum Gasteiger partial charge on any atom is 0.230 e. The molecule has 0 unspecified atom stereocenters. The summed E-state index contributed by atoms with van der Waals surface area (Å²) in [6.07, 6.45) is 0. The lowest BCUT2D eigenvalue weighted by Crippen LogP contribution is -2.31. The summed E-state index contributed by atoms with van der Waals surface area (Å²) in [7, 11) is 0. The van der Waals surface area contributed by atoms with Gasteiger partial charge >= 0.3 is 0 Å². The number of aromatic amines is 1. The van der Waals surface area contributed by atoms with E-state index in [1.165, 1.54) is 11.8 Å². The summed E-state index contributed by atoms with van der Waals surface area (Å²) in [5.41, 5.74) is 0.903. The second-order valence-corrected chi connectivity index (χ2v) is 5.86. The van der Waals surface area contributed by atoms with E-state index in [-0.39, 0.29) is 11.9 Å². The molecule has 1 aromatic carbocycles. The SMILES string of the molecule is CC(C)NC(=O)CSc1n[nH]c(-c2ccc(Cl)cc2)n1. The van der Waals surface area contributed by atoms with Crippen LogP contribution in [0.2, 0.25) is 5.02 Å². The molecule has 0 fully saturated rings. The van der Waals surface area contributed by atoms with Gasteiger partial charge in [0, 0.05) is 16.6 Å². The molecule has 0 aliphatic carbocycles. The Morgan fingerprint density at radius 1 is 1.40 bits per heavy atom. The molecule has 0 aliphatic heterocycles. The molecule has 0 spiro atoms. The number of H-pyrrole nitrogens is 1. The number of rotatable bonds is 5. The van der Waals surface area contributed by atoms with E-state index in [0.29, 0.717) is 21.8 Å². The molecule has 2 rings (SSSR count). The molecular weight excluding hydrogens is 296 g/mol. The van der Waals surface area contributed by atoms with Gasteiger partial charge in [-0.3, -0.25) is 9.89 Å². The molecule has 0 radical (unpaired) electrons. The van der Waals surface area contributed by atoms with Crippen molar-refractivity contribution in [2.24, 2.45) is 0 Å². The van der Waals surface area contributed by atoms with E-state index in [9.17, 15) is 4.79 Å². The van der Waals surface area contributed by atoms with Gasteiger partial charge in [0.1, 0.15) is 0 Å². The normalized spacial score (nSPS) is 10.8. The Balaban J connectivity index is 1.95. The van der Waals surface area contributed by atoms with Crippen molar-refractivity contribution < 1.29 is 4.79 Å². The third-order valence-electron chi connectivity index (χ3n) is 2.36. The van der Waals surface area contributed by atoms with Crippen LogP contribution in [0.1, 0.15) is 13.8 Å². The summed E-state index contributed by atoms with van der Waals surface area (Å²) < 4.78 is 0. The monoisotopic (exact) mass is 310 g/mol. The van der Waals surface area contributed by atoms with Crippen LogP contribution >= 0.6 is 23.4 Å². The van der Waals surface area contributed by atoms with Gasteiger partial charge in [-0.15, -0.1) is 5.10 Å². The van der Waals surface area contributed by atoms with E-state index in [1.54, 1.807) is 12.1 Å². The van der Waals surface area contributed by atoms with Crippen LogP contribution in [0, 0.1) is 0 Å². The van der Waals surface area contributed by atoms with Gasteiger partial charge < -0.3 is 5.32 Å². The number of nitrogens with one attached hydrogen (secondary N) is 2. The van der Waals surface area contributed by atoms with Crippen molar-refractivity contribution in [2.75, 3.05) is 5.75 Å². The molecule has 0 aliphatic rings. The lowest BCUT2D eigenvalue weighted by atomic mass is 10.2. The van der Waals surface area contributed by atoms with E-state index >= 15 is 0 Å². The maximum absolute atomic E-state index is 11.5. The molecule has 5 nitrogen and oxygen atoms in total. The average molecular weight is 311 g/mol. The molecule has 2 N–H and O–H groups in total. The fraction of sp³-hybridized carbons (Fsp3) is 0.308. The van der Waals surface area contributed by atoms with Gasteiger partial charge in [0.25, 0.3) is 0 Å². The first-order valence-corrected chi connectivity index (χ1v) is 7.51. The average Bonchev–Trinajstić information content (AvgIpc) is 2.85. The van der Waals surface area contributed by atoms with Gasteiger partial charge in [-0.1, -0.05) is 23.4 Å². The topological polar surface area (TPSA) is 70.7 Å². The molecule has 1 heterocycles. The number of hydrogen-bond donors (Lipinski definition) is 2. The molecule has 0 saturated heterocycles. The Bertz CT molecular complexity index is 582. The van der Waals surface area contributed by atoms with Crippen molar-refractivity contribution in [2.45, 2.75) is 25.0 Å². The summed E-state index contributed by atoms with van der Waals surface area (Å²) in [6.45, 7) is 3.85. The van der Waals surface area contributed by atoms with Crippen LogP contribution < -0.4 is 5.32 Å². The summed E-state index contributed by atoms with van der Waals surface area (Å²) in [6, 6.07) is 7.45. The minimum atomic E-state index is -0.0251. The first-order chi connectivity index (χ1) is 9.54. The first kappa shape index (κ1) is 14.9. The van der Waals surface area contributed by atoms with Crippen LogP contribution in [0.25, 0.3) is 11.4 Å². The van der Waals surface area contributed by atoms with Crippen LogP contribution in [0.15, 0.2) is 29.4 Å². The van der Waals surface area contributed by atoms with Gasteiger partial charge in [-0.05, 0) is 38.1 Å². The zero-order valence-electron chi connectivity index (χ0n) is 11.2. The number of hydrogen-bond acceptors (Lipinski definition) is 4. The Hall–Kier alpha value is -1.53. The van der Waals surface area contributed by atoms with Crippen LogP contribution in [-0.2, 0) is 4.79 Å². The lowest BCUT2D eigenvalue weighted by molar-refractivity contribution is -0.119. The molecule has 106 valence electrons. The minimum Gasteiger partial charge on any atom is -0.353 e. The van der Waals surface area contributed by atoms with E-state index in [0.717, 1.165) is 5.56 Å². The second-order valence-electron chi connectivity index (χ2n) is 4.48. The molecule has 7 heteroatoms. The van der Waals surface area contributed by atoms with Gasteiger partial charge in [0.15, 0.2) is 5.82 Å². The van der Waals surface area contributed by atoms with Gasteiger partial charge in [0.05, 0.1) is 5.75 Å². The van der Waals surface area contributed by atoms with E-state index < -0.39 is 0 Å². The highest BCUT2D eigenvalue weighted by Crippen LogP contribution is 2.20. The molecular formula is C13H15ClN4OS. The molecule has 0 bridgehead atoms. The van der Waals surface area contributed by atoms with E-state index in [1.807, 2.05) is 26.0 Å². The van der Waals surface area contributed by atoms with Crippen LogP contribution in [0.4, 0.5) is 0 Å². The van der Waals surface area contributed by atoms with Gasteiger partial charge in [-0.25, -0.2) is 4.98 Å². The number of aromatic nitrogens is 3. The van der Waals surface area contributed by atoms with E-state index in [4.69, 9.17) is 11.6 Å². The van der Waals surface area contributed by atoms with Crippen LogP contribution in [0.3, 0.4) is 0 Å². The van der Waals surface area contributed by atoms with Crippen molar-refractivity contribution >= 4 is 29.3 Å². The summed E-state index contributed by atoms with van der Waals surface area (Å²) in [5.74, 6) is 0.937. The lowest BCUT2D eigenvalue weighted by Gasteiger charge is -2.06. The standard InChI is InChI=1S/C13H15ClN4OS/c1-8(2)15-11(19)7-20-13-16-12(17-18-13)9-3-5-10(14)6-4-9/h3-6,8H,7H2,1-2H3,(H,15,19)(H,16,17,18). The number of nitrogens with zero attached hydrogens (tertiary/aromatic N) is 2. The number of amides is 1. The largest absolute Gasteiger partial charge is 0.353 e. The summed E-state index contributed by atoms with van der Waals surface area (Å²) in [4.78, 5) is 15.9. The fourth-order valence-corrected chi connectivity index (χ4v) is 2.28. The summed E-state index contributed by atoms with van der Waals surface area (Å²) in [5, 5.41) is 11.0.